The van der Waals surface area contributed by atoms with E-state index in [0.717, 1.165) is 31.0 Å². The lowest BCUT2D eigenvalue weighted by Crippen LogP contribution is -2.55. The van der Waals surface area contributed by atoms with Gasteiger partial charge >= 0.3 is 5.97 Å². The summed E-state index contributed by atoms with van der Waals surface area (Å²) in [6.45, 7) is 9.78. The highest BCUT2D eigenvalue weighted by Crippen LogP contribution is 2.23. The number of esters is 1. The molecule has 0 aliphatic carbocycles. The van der Waals surface area contributed by atoms with E-state index in [1.54, 1.807) is 0 Å². The summed E-state index contributed by atoms with van der Waals surface area (Å²) in [5.41, 5.74) is 1.80. The number of hydrogen-bond acceptors (Lipinski definition) is 5. The van der Waals surface area contributed by atoms with Crippen LogP contribution in [0.3, 0.4) is 0 Å². The van der Waals surface area contributed by atoms with Gasteiger partial charge in [0.1, 0.15) is 6.04 Å². The monoisotopic (exact) mass is 314 g/mol. The molecule has 1 atom stereocenters. The molecule has 6 nitrogen and oxygen atoms in total. The molecule has 2 heterocycles. The van der Waals surface area contributed by atoms with Crippen LogP contribution in [0, 0.1) is 6.92 Å². The molecule has 0 saturated carbocycles. The first kappa shape index (κ1) is 16.3. The topological polar surface area (TPSA) is 59.4 Å². The summed E-state index contributed by atoms with van der Waals surface area (Å²) < 4.78 is 7.07. The molecule has 1 aliphatic heterocycles. The lowest BCUT2D eigenvalue weighted by molar-refractivity contribution is -0.150. The average Bonchev–Trinajstić information content (AvgIpc) is 2.76. The van der Waals surface area contributed by atoms with Gasteiger partial charge in [0.25, 0.3) is 0 Å². The first-order valence-electron chi connectivity index (χ1n) is 7.41. The molecular formula is C14H23ClN4O2. The number of hydrogen-bond donors (Lipinski definition) is 1. The fourth-order valence-corrected chi connectivity index (χ4v) is 2.81. The van der Waals surface area contributed by atoms with Crippen LogP contribution in [-0.4, -0.2) is 52.9 Å². The second kappa shape index (κ2) is 7.24. The van der Waals surface area contributed by atoms with Crippen molar-refractivity contribution in [3.05, 3.63) is 16.4 Å². The molecule has 118 valence electrons. The predicted molar refractivity (Wildman–Crippen MR) is 81.3 cm³/mol. The van der Waals surface area contributed by atoms with E-state index in [-0.39, 0.29) is 12.0 Å². The zero-order chi connectivity index (χ0) is 15.4. The Bertz CT molecular complexity index is 503. The zero-order valence-electron chi connectivity index (χ0n) is 12.9. The highest BCUT2D eigenvalue weighted by atomic mass is 35.5. The van der Waals surface area contributed by atoms with Crippen LogP contribution >= 0.6 is 11.6 Å². The highest BCUT2D eigenvalue weighted by molar-refractivity contribution is 6.31. The summed E-state index contributed by atoms with van der Waals surface area (Å²) in [7, 11) is 0. The zero-order valence-corrected chi connectivity index (χ0v) is 13.6. The minimum Gasteiger partial charge on any atom is -0.465 e. The molecule has 1 aromatic rings. The minimum atomic E-state index is -0.268. The molecule has 2 rings (SSSR count). The molecule has 1 saturated heterocycles. The molecule has 0 bridgehead atoms. The second-order valence-corrected chi connectivity index (χ2v) is 5.48. The molecule has 21 heavy (non-hydrogen) atoms. The second-order valence-electron chi connectivity index (χ2n) is 5.10. The smallest absolute Gasteiger partial charge is 0.324 e. The first-order chi connectivity index (χ1) is 10.1. The van der Waals surface area contributed by atoms with Crippen LogP contribution in [0.5, 0.6) is 0 Å². The number of carbonyl (C=O) groups excluding carboxylic acids is 1. The lowest BCUT2D eigenvalue weighted by atomic mass is 10.1. The number of aromatic nitrogens is 2. The van der Waals surface area contributed by atoms with E-state index in [1.165, 1.54) is 0 Å². The lowest BCUT2D eigenvalue weighted by Gasteiger charge is -2.34. The highest BCUT2D eigenvalue weighted by Gasteiger charge is 2.31. The Morgan fingerprint density at radius 2 is 2.29 bits per heavy atom. The van der Waals surface area contributed by atoms with Gasteiger partial charge in [-0.15, -0.1) is 0 Å². The Morgan fingerprint density at radius 3 is 2.95 bits per heavy atom. The molecule has 0 amide bonds. The van der Waals surface area contributed by atoms with E-state index in [9.17, 15) is 4.79 Å². The summed E-state index contributed by atoms with van der Waals surface area (Å²) in [6, 6.07) is -0.268. The van der Waals surface area contributed by atoms with Crippen molar-refractivity contribution < 1.29 is 9.53 Å². The van der Waals surface area contributed by atoms with Gasteiger partial charge in [-0.05, 0) is 20.8 Å². The largest absolute Gasteiger partial charge is 0.465 e. The van der Waals surface area contributed by atoms with E-state index in [1.807, 2.05) is 25.5 Å². The Kier molecular flexibility index (Phi) is 5.61. The third-order valence-corrected chi connectivity index (χ3v) is 4.21. The summed E-state index contributed by atoms with van der Waals surface area (Å²) in [6.07, 6.45) is 0. The SMILES string of the molecule is CCOC(=O)C1CNCCN1Cc1c(Cl)c(C)nn1CC. The number of halogens is 1. The molecule has 0 spiro atoms. The molecule has 1 N–H and O–H groups in total. The molecule has 1 aromatic heterocycles. The molecular weight excluding hydrogens is 292 g/mol. The standard InChI is InChI=1S/C14H23ClN4O2/c1-4-19-12(13(15)10(3)17-19)9-18-7-6-16-8-11(18)14(20)21-5-2/h11,16H,4-9H2,1-3H3. The van der Waals surface area contributed by atoms with Gasteiger partial charge < -0.3 is 10.1 Å². The van der Waals surface area contributed by atoms with E-state index < -0.39 is 0 Å². The van der Waals surface area contributed by atoms with Gasteiger partial charge in [0.05, 0.1) is 23.0 Å². The number of aryl methyl sites for hydroxylation is 2. The maximum Gasteiger partial charge on any atom is 0.324 e. The van der Waals surface area contributed by atoms with E-state index in [2.05, 4.69) is 15.3 Å². The normalized spacial score (nSPS) is 19.7. The Hall–Kier alpha value is -1.11. The fourth-order valence-electron chi connectivity index (χ4n) is 2.62. The summed E-state index contributed by atoms with van der Waals surface area (Å²) in [5.74, 6) is -0.180. The fraction of sp³-hybridized carbons (Fsp3) is 0.714. The van der Waals surface area contributed by atoms with Gasteiger partial charge in [0.15, 0.2) is 0 Å². The average molecular weight is 315 g/mol. The third kappa shape index (κ3) is 3.56. The number of nitrogens with zero attached hydrogens (tertiary/aromatic N) is 3. The van der Waals surface area contributed by atoms with Crippen molar-refractivity contribution in [1.29, 1.82) is 0 Å². The maximum atomic E-state index is 12.1. The van der Waals surface area contributed by atoms with Crippen LogP contribution in [0.15, 0.2) is 0 Å². The Balaban J connectivity index is 2.17. The van der Waals surface area contributed by atoms with Crippen LogP contribution in [0.2, 0.25) is 5.02 Å². The molecule has 7 heteroatoms. The van der Waals surface area contributed by atoms with E-state index in [0.29, 0.717) is 24.7 Å². The Morgan fingerprint density at radius 1 is 1.52 bits per heavy atom. The van der Waals surface area contributed by atoms with Gasteiger partial charge in [-0.3, -0.25) is 14.4 Å². The molecule has 0 aromatic carbocycles. The summed E-state index contributed by atoms with van der Waals surface area (Å²) in [4.78, 5) is 14.2. The van der Waals surface area contributed by atoms with Crippen molar-refractivity contribution in [3.63, 3.8) is 0 Å². The molecule has 1 fully saturated rings. The number of nitrogens with one attached hydrogen (secondary N) is 1. The van der Waals surface area contributed by atoms with Crippen molar-refractivity contribution >= 4 is 17.6 Å². The van der Waals surface area contributed by atoms with Gasteiger partial charge in [-0.25, -0.2) is 0 Å². The quantitative estimate of drug-likeness (QED) is 0.828. The van der Waals surface area contributed by atoms with Crippen LogP contribution < -0.4 is 5.32 Å². The predicted octanol–water partition coefficient (Wildman–Crippen LogP) is 1.20. The number of rotatable bonds is 5. The van der Waals surface area contributed by atoms with Gasteiger partial charge in [-0.1, -0.05) is 11.6 Å². The van der Waals surface area contributed by atoms with Gasteiger partial charge in [0.2, 0.25) is 0 Å². The van der Waals surface area contributed by atoms with Gasteiger partial charge in [0, 0.05) is 32.7 Å². The van der Waals surface area contributed by atoms with Crippen LogP contribution in [-0.2, 0) is 22.6 Å². The van der Waals surface area contributed by atoms with Crippen LogP contribution in [0.25, 0.3) is 0 Å². The number of carbonyl (C=O) groups is 1. The van der Waals surface area contributed by atoms with Gasteiger partial charge in [-0.2, -0.15) is 5.10 Å². The van der Waals surface area contributed by atoms with Crippen LogP contribution in [0.4, 0.5) is 0 Å². The molecule has 1 aliphatic rings. The number of piperazine rings is 1. The molecule has 1 unspecified atom stereocenters. The van der Waals surface area contributed by atoms with Crippen molar-refractivity contribution in [3.8, 4) is 0 Å². The Labute approximate surface area is 130 Å². The van der Waals surface area contributed by atoms with Crippen molar-refractivity contribution in [1.82, 2.24) is 20.0 Å². The number of ether oxygens (including phenoxy) is 1. The van der Waals surface area contributed by atoms with E-state index >= 15 is 0 Å². The van der Waals surface area contributed by atoms with Crippen molar-refractivity contribution in [2.75, 3.05) is 26.2 Å². The van der Waals surface area contributed by atoms with Crippen molar-refractivity contribution in [2.24, 2.45) is 0 Å². The first-order valence-corrected chi connectivity index (χ1v) is 7.79. The third-order valence-electron chi connectivity index (χ3n) is 3.72. The maximum absolute atomic E-state index is 12.1. The van der Waals surface area contributed by atoms with Crippen molar-refractivity contribution in [2.45, 2.75) is 39.9 Å². The van der Waals surface area contributed by atoms with E-state index in [4.69, 9.17) is 16.3 Å². The summed E-state index contributed by atoms with van der Waals surface area (Å²) >= 11 is 6.36. The minimum absolute atomic E-state index is 0.180. The van der Waals surface area contributed by atoms with Crippen LogP contribution in [0.1, 0.15) is 25.2 Å². The summed E-state index contributed by atoms with van der Waals surface area (Å²) in [5, 5.41) is 8.36. The molecule has 0 radical (unpaired) electrons.